The number of aliphatic hydroxyl groups excluding tert-OH is 1. The third-order valence-electron chi connectivity index (χ3n) is 11.0. The zero-order chi connectivity index (χ0) is 42.3. The van der Waals surface area contributed by atoms with Gasteiger partial charge in [-0.3, -0.25) is 28.8 Å². The van der Waals surface area contributed by atoms with Crippen LogP contribution in [0.15, 0.2) is 60.7 Å². The molecule has 316 valence electrons. The van der Waals surface area contributed by atoms with E-state index in [4.69, 9.17) is 5.73 Å². The first kappa shape index (κ1) is 48.9. The first-order valence-corrected chi connectivity index (χ1v) is 21.1. The SMILES string of the molecule is CCN(CCCC[C@H](NC(=O)C(CC(=O)[C@H](C)NC(=O)CCC(=O)C1CCCCC1)Cc1ccccc1)C(=O)CC(C(N)=O)[C@@H](C)O)C(C)C.Cc1ccccc1. The summed E-state index contributed by atoms with van der Waals surface area (Å²) in [6, 6.07) is 18.1. The van der Waals surface area contributed by atoms with Gasteiger partial charge in [-0.25, -0.2) is 0 Å². The molecule has 11 heteroatoms. The van der Waals surface area contributed by atoms with Gasteiger partial charge in [0.25, 0.3) is 0 Å². The zero-order valence-electron chi connectivity index (χ0n) is 35.3. The van der Waals surface area contributed by atoms with Crippen molar-refractivity contribution in [2.75, 3.05) is 13.1 Å². The van der Waals surface area contributed by atoms with Crippen molar-refractivity contribution in [3.05, 3.63) is 71.8 Å². The highest BCUT2D eigenvalue weighted by atomic mass is 16.3. The van der Waals surface area contributed by atoms with E-state index in [2.05, 4.69) is 55.4 Å². The van der Waals surface area contributed by atoms with E-state index in [9.17, 15) is 33.9 Å². The maximum atomic E-state index is 13.9. The van der Waals surface area contributed by atoms with Crippen LogP contribution in [-0.4, -0.2) is 82.4 Å². The fourth-order valence-corrected chi connectivity index (χ4v) is 7.29. The van der Waals surface area contributed by atoms with Gasteiger partial charge in [-0.15, -0.1) is 0 Å². The third kappa shape index (κ3) is 19.2. The van der Waals surface area contributed by atoms with E-state index in [0.717, 1.165) is 57.2 Å². The first-order chi connectivity index (χ1) is 27.1. The number of hydrogen-bond acceptors (Lipinski definition) is 8. The molecule has 5 atom stereocenters. The Hall–Kier alpha value is -4.22. The zero-order valence-corrected chi connectivity index (χ0v) is 35.3. The number of rotatable bonds is 24. The summed E-state index contributed by atoms with van der Waals surface area (Å²) in [4.78, 5) is 80.5. The molecule has 2 aromatic carbocycles. The number of carbonyl (C=O) groups is 6. The van der Waals surface area contributed by atoms with E-state index in [1.807, 2.05) is 48.5 Å². The Balaban J connectivity index is 0.00000144. The van der Waals surface area contributed by atoms with Gasteiger partial charge in [0.15, 0.2) is 11.6 Å². The number of primary amides is 1. The molecule has 0 radical (unpaired) electrons. The van der Waals surface area contributed by atoms with Gasteiger partial charge in [-0.2, -0.15) is 0 Å². The van der Waals surface area contributed by atoms with Crippen molar-refractivity contribution in [3.8, 4) is 0 Å². The lowest BCUT2D eigenvalue weighted by Crippen LogP contribution is -2.47. The van der Waals surface area contributed by atoms with Crippen LogP contribution in [0.5, 0.6) is 0 Å². The van der Waals surface area contributed by atoms with E-state index < -0.39 is 47.6 Å². The molecule has 3 rings (SSSR count). The van der Waals surface area contributed by atoms with Crippen LogP contribution >= 0.6 is 0 Å². The van der Waals surface area contributed by atoms with E-state index in [1.165, 1.54) is 12.5 Å². The summed E-state index contributed by atoms with van der Waals surface area (Å²) in [5, 5.41) is 15.7. The Kier molecular flexibility index (Phi) is 22.9. The minimum atomic E-state index is -1.14. The topological polar surface area (TPSA) is 176 Å². The van der Waals surface area contributed by atoms with Gasteiger partial charge >= 0.3 is 0 Å². The molecule has 0 aliphatic heterocycles. The third-order valence-corrected chi connectivity index (χ3v) is 11.0. The van der Waals surface area contributed by atoms with E-state index in [-0.39, 0.29) is 55.5 Å². The fraction of sp³-hybridized carbons (Fsp3) is 0.609. The molecule has 0 heterocycles. The molecule has 0 saturated heterocycles. The molecule has 11 nitrogen and oxygen atoms in total. The molecule has 3 amide bonds. The van der Waals surface area contributed by atoms with E-state index >= 15 is 0 Å². The smallest absolute Gasteiger partial charge is 0.224 e. The van der Waals surface area contributed by atoms with Crippen LogP contribution < -0.4 is 16.4 Å². The van der Waals surface area contributed by atoms with Crippen molar-refractivity contribution in [3.63, 3.8) is 0 Å². The van der Waals surface area contributed by atoms with Crippen LogP contribution in [0.1, 0.15) is 123 Å². The predicted molar refractivity (Wildman–Crippen MR) is 225 cm³/mol. The lowest BCUT2D eigenvalue weighted by atomic mass is 9.85. The molecule has 1 aliphatic carbocycles. The van der Waals surface area contributed by atoms with Crippen molar-refractivity contribution in [2.24, 2.45) is 23.5 Å². The van der Waals surface area contributed by atoms with Crippen LogP contribution in [0.3, 0.4) is 0 Å². The summed E-state index contributed by atoms with van der Waals surface area (Å²) < 4.78 is 0. The molecule has 1 aliphatic rings. The summed E-state index contributed by atoms with van der Waals surface area (Å²) >= 11 is 0. The molecule has 1 saturated carbocycles. The largest absolute Gasteiger partial charge is 0.393 e. The van der Waals surface area contributed by atoms with Crippen LogP contribution in [-0.2, 0) is 35.2 Å². The second-order valence-electron chi connectivity index (χ2n) is 16.0. The summed E-state index contributed by atoms with van der Waals surface area (Å²) in [6.07, 6.45) is 5.44. The highest BCUT2D eigenvalue weighted by molar-refractivity contribution is 5.95. The number of nitrogens with one attached hydrogen (secondary N) is 2. The van der Waals surface area contributed by atoms with Crippen molar-refractivity contribution in [1.29, 1.82) is 0 Å². The lowest BCUT2D eigenvalue weighted by Gasteiger charge is -2.26. The molecular weight excluding hydrogens is 721 g/mol. The number of aliphatic hydroxyl groups is 1. The minimum Gasteiger partial charge on any atom is -0.393 e. The van der Waals surface area contributed by atoms with Crippen LogP contribution in [0.4, 0.5) is 0 Å². The van der Waals surface area contributed by atoms with Gasteiger partial charge in [0.2, 0.25) is 17.7 Å². The van der Waals surface area contributed by atoms with E-state index in [1.54, 1.807) is 6.92 Å². The highest BCUT2D eigenvalue weighted by Gasteiger charge is 2.32. The number of unbranched alkanes of at least 4 members (excludes halogenated alkanes) is 1. The molecule has 2 unspecified atom stereocenters. The van der Waals surface area contributed by atoms with Crippen LogP contribution in [0.2, 0.25) is 0 Å². The van der Waals surface area contributed by atoms with Crippen LogP contribution in [0.25, 0.3) is 0 Å². The number of nitrogens with zero attached hydrogens (tertiary/aromatic N) is 1. The number of carbonyl (C=O) groups excluding carboxylic acids is 6. The van der Waals surface area contributed by atoms with Gasteiger partial charge in [-0.05, 0) is 91.8 Å². The molecule has 1 fully saturated rings. The predicted octanol–water partition coefficient (Wildman–Crippen LogP) is 6.06. The molecule has 57 heavy (non-hydrogen) atoms. The Morgan fingerprint density at radius 2 is 1.42 bits per heavy atom. The average molecular weight is 791 g/mol. The summed E-state index contributed by atoms with van der Waals surface area (Å²) in [5.41, 5.74) is 7.63. The molecule has 0 bridgehead atoms. The van der Waals surface area contributed by atoms with Crippen molar-refractivity contribution < 1.29 is 33.9 Å². The Morgan fingerprint density at radius 1 is 0.807 bits per heavy atom. The molecule has 2 aromatic rings. The second-order valence-corrected chi connectivity index (χ2v) is 16.0. The highest BCUT2D eigenvalue weighted by Crippen LogP contribution is 2.26. The Morgan fingerprint density at radius 3 is 1.95 bits per heavy atom. The number of aryl methyl sites for hydroxylation is 1. The Bertz CT molecular complexity index is 1530. The molecule has 0 spiro atoms. The molecule has 5 N–H and O–H groups in total. The lowest BCUT2D eigenvalue weighted by molar-refractivity contribution is -0.135. The number of amides is 3. The summed E-state index contributed by atoms with van der Waals surface area (Å²) in [7, 11) is 0. The number of ketones is 3. The molecular formula is C46H70N4O7. The summed E-state index contributed by atoms with van der Waals surface area (Å²) in [5.74, 6) is -4.23. The van der Waals surface area contributed by atoms with Crippen molar-refractivity contribution >= 4 is 35.1 Å². The molecule has 0 aromatic heterocycles. The van der Waals surface area contributed by atoms with Gasteiger partial charge in [-0.1, -0.05) is 92.4 Å². The van der Waals surface area contributed by atoms with Gasteiger partial charge < -0.3 is 26.4 Å². The fourth-order valence-electron chi connectivity index (χ4n) is 7.29. The normalized spacial score (nSPS) is 15.7. The maximum Gasteiger partial charge on any atom is 0.224 e. The van der Waals surface area contributed by atoms with Gasteiger partial charge in [0.1, 0.15) is 5.78 Å². The Labute approximate surface area is 341 Å². The number of hydrogen-bond donors (Lipinski definition) is 4. The van der Waals surface area contributed by atoms with Crippen LogP contribution in [0, 0.1) is 24.7 Å². The second kappa shape index (κ2) is 26.7. The minimum absolute atomic E-state index is 0.0105. The summed E-state index contributed by atoms with van der Waals surface area (Å²) in [6.45, 7) is 13.1. The quantitative estimate of drug-likeness (QED) is 0.0929. The van der Waals surface area contributed by atoms with E-state index in [0.29, 0.717) is 18.9 Å². The number of Topliss-reactive ketones (excluding diaryl/α,β-unsaturated/α-hetero) is 3. The van der Waals surface area contributed by atoms with Gasteiger partial charge in [0.05, 0.1) is 24.1 Å². The first-order valence-electron chi connectivity index (χ1n) is 21.1. The monoisotopic (exact) mass is 791 g/mol. The number of benzene rings is 2. The van der Waals surface area contributed by atoms with Crippen molar-refractivity contribution in [2.45, 2.75) is 149 Å². The number of nitrogens with two attached hydrogens (primary N) is 1. The van der Waals surface area contributed by atoms with Crippen molar-refractivity contribution in [1.82, 2.24) is 15.5 Å². The standard InChI is InChI=1S/C39H62N4O7.C7H8/c1-6-43(26(2)3)22-14-13-19-33(36(47)25-32(28(5)44)38(40)49)42-39(50)31(23-29-15-9-7-10-16-29)24-35(46)27(4)41-37(48)21-20-34(45)30-17-11-8-12-18-30;1-7-5-3-2-4-6-7/h7,9-10,15-16,26-28,30-33,44H,6,8,11-14,17-25H2,1-5H3,(H2,40,49)(H,41,48)(H,42,50);2-6H,1H3/t27-,28+,31?,32?,33-;/m0./s1. The average Bonchev–Trinajstić information content (AvgIpc) is 3.18. The van der Waals surface area contributed by atoms with Gasteiger partial charge in [0, 0.05) is 43.6 Å². The maximum absolute atomic E-state index is 13.9.